The van der Waals surface area contributed by atoms with Crippen LogP contribution in [0.4, 0.5) is 11.4 Å². The van der Waals surface area contributed by atoms with E-state index in [0.29, 0.717) is 22.9 Å². The quantitative estimate of drug-likeness (QED) is 0.333. The van der Waals surface area contributed by atoms with Crippen LogP contribution in [0.15, 0.2) is 48.5 Å². The highest BCUT2D eigenvalue weighted by Gasteiger charge is 2.14. The average Bonchev–Trinajstić information content (AvgIpc) is 2.69. The Morgan fingerprint density at radius 2 is 1.19 bits per heavy atom. The monoisotopic (exact) mass is 474 g/mol. The number of hydrogen-bond acceptors (Lipinski definition) is 6. The number of pyridine rings is 2. The Labute approximate surface area is 200 Å². The number of ether oxygens (including phenoxy) is 2. The smallest absolute Gasteiger partial charge is 0.241 e. The van der Waals surface area contributed by atoms with Crippen LogP contribution in [-0.2, 0) is 0 Å². The first kappa shape index (κ1) is 25.3. The van der Waals surface area contributed by atoms with Crippen molar-refractivity contribution in [3.63, 3.8) is 0 Å². The van der Waals surface area contributed by atoms with E-state index in [1.807, 2.05) is 62.4 Å². The molecule has 32 heavy (non-hydrogen) atoms. The molecule has 0 aliphatic heterocycles. The van der Waals surface area contributed by atoms with Crippen LogP contribution in [0.5, 0.6) is 11.5 Å². The molecule has 0 atom stereocenters. The van der Waals surface area contributed by atoms with E-state index in [-0.39, 0.29) is 24.8 Å². The fourth-order valence-electron chi connectivity index (χ4n) is 3.57. The molecule has 0 aliphatic rings. The maximum Gasteiger partial charge on any atom is 0.241 e. The summed E-state index contributed by atoms with van der Waals surface area (Å²) in [6.07, 6.45) is 1.21. The van der Waals surface area contributed by atoms with Crippen molar-refractivity contribution in [2.24, 2.45) is 0 Å². The maximum atomic E-state index is 6.17. The van der Waals surface area contributed by atoms with Gasteiger partial charge in [-0.2, -0.15) is 0 Å². The first-order chi connectivity index (χ1) is 14.4. The van der Waals surface area contributed by atoms with Crippen LogP contribution in [0, 0.1) is 13.8 Å². The van der Waals surface area contributed by atoms with Gasteiger partial charge in [-0.15, -0.1) is 24.8 Å². The zero-order valence-corrected chi connectivity index (χ0v) is 19.9. The lowest BCUT2D eigenvalue weighted by molar-refractivity contribution is -0.000833. The molecule has 0 bridgehead atoms. The van der Waals surface area contributed by atoms with E-state index in [0.717, 1.165) is 46.0 Å². The summed E-state index contributed by atoms with van der Waals surface area (Å²) in [6, 6.07) is 15.2. The molecule has 0 saturated heterocycles. The van der Waals surface area contributed by atoms with Crippen molar-refractivity contribution in [3.05, 3.63) is 59.9 Å². The molecule has 0 spiro atoms. The second-order valence-corrected chi connectivity index (χ2v) is 7.52. The van der Waals surface area contributed by atoms with Gasteiger partial charge in [0, 0.05) is 40.0 Å². The summed E-state index contributed by atoms with van der Waals surface area (Å²) in [5.41, 5.74) is 17.2. The Morgan fingerprint density at radius 1 is 0.750 bits per heavy atom. The number of aromatic nitrogens is 2. The predicted octanol–water partition coefficient (Wildman–Crippen LogP) is 5.99. The number of fused-ring (bicyclic) bond motifs is 2. The Kier molecular flexibility index (Phi) is 8.36. The van der Waals surface area contributed by atoms with Crippen LogP contribution in [-0.4, -0.2) is 16.3 Å². The lowest BCUT2D eigenvalue weighted by Crippen LogP contribution is -2.23. The van der Waals surface area contributed by atoms with E-state index in [4.69, 9.17) is 20.9 Å². The number of nitrogens with zero attached hydrogens (tertiary/aromatic N) is 2. The molecule has 4 N–H and O–H groups in total. The van der Waals surface area contributed by atoms with Gasteiger partial charge in [0.25, 0.3) is 0 Å². The summed E-state index contributed by atoms with van der Waals surface area (Å²) in [5, 5.41) is 1.74. The fraction of sp³-hybridized carbons (Fsp3) is 0.250. The largest absolute Gasteiger partial charge is 0.455 e. The third-order valence-corrected chi connectivity index (χ3v) is 4.94. The van der Waals surface area contributed by atoms with Crippen molar-refractivity contribution in [1.82, 2.24) is 9.97 Å². The third-order valence-electron chi connectivity index (χ3n) is 4.94. The van der Waals surface area contributed by atoms with Gasteiger partial charge in [0.2, 0.25) is 6.29 Å². The van der Waals surface area contributed by atoms with Crippen molar-refractivity contribution in [1.29, 1.82) is 0 Å². The third kappa shape index (κ3) is 5.44. The van der Waals surface area contributed by atoms with Crippen LogP contribution in [0.25, 0.3) is 21.8 Å². The first-order valence-electron chi connectivity index (χ1n) is 10.1. The summed E-state index contributed by atoms with van der Waals surface area (Å²) < 4.78 is 12.3. The van der Waals surface area contributed by atoms with Crippen LogP contribution >= 0.6 is 24.8 Å². The Hall–Kier alpha value is -2.96. The van der Waals surface area contributed by atoms with Crippen LogP contribution < -0.4 is 20.9 Å². The molecule has 8 heteroatoms. The lowest BCUT2D eigenvalue weighted by atomic mass is 10.1. The first-order valence-corrected chi connectivity index (χ1v) is 10.1. The highest BCUT2D eigenvalue weighted by atomic mass is 35.5. The second kappa shape index (κ2) is 10.6. The van der Waals surface area contributed by atoms with Gasteiger partial charge in [0.05, 0.1) is 11.0 Å². The molecule has 0 amide bonds. The van der Waals surface area contributed by atoms with Crippen LogP contribution in [0.1, 0.15) is 31.2 Å². The number of halogens is 2. The second-order valence-electron chi connectivity index (χ2n) is 7.52. The molecule has 4 aromatic rings. The zero-order chi connectivity index (χ0) is 21.3. The van der Waals surface area contributed by atoms with E-state index in [9.17, 15) is 0 Å². The molecule has 6 nitrogen and oxygen atoms in total. The van der Waals surface area contributed by atoms with E-state index < -0.39 is 6.29 Å². The van der Waals surface area contributed by atoms with Crippen LogP contribution in [0.3, 0.4) is 0 Å². The molecule has 0 unspecified atom stereocenters. The Bertz CT molecular complexity index is 1140. The summed E-state index contributed by atoms with van der Waals surface area (Å²) >= 11 is 0. The average molecular weight is 475 g/mol. The van der Waals surface area contributed by atoms with E-state index in [1.54, 1.807) is 0 Å². The van der Waals surface area contributed by atoms with Crippen molar-refractivity contribution in [2.45, 2.75) is 39.9 Å². The van der Waals surface area contributed by atoms with Gasteiger partial charge < -0.3 is 20.9 Å². The number of aryl methyl sites for hydroxylation is 2. The van der Waals surface area contributed by atoms with Crippen molar-refractivity contribution < 1.29 is 9.47 Å². The number of nitrogens with two attached hydrogens (primary N) is 2. The van der Waals surface area contributed by atoms with Crippen molar-refractivity contribution >= 4 is 58.0 Å². The fourth-order valence-corrected chi connectivity index (χ4v) is 3.57. The topological polar surface area (TPSA) is 96.3 Å². The summed E-state index contributed by atoms with van der Waals surface area (Å²) in [5.74, 6) is 1.38. The number of anilines is 2. The molecular formula is C24H28Cl2N4O2. The van der Waals surface area contributed by atoms with E-state index in [1.165, 1.54) is 0 Å². The summed E-state index contributed by atoms with van der Waals surface area (Å²) in [6.45, 7) is 5.95. The van der Waals surface area contributed by atoms with Gasteiger partial charge in [-0.25, -0.2) is 0 Å². The van der Waals surface area contributed by atoms with Gasteiger partial charge >= 0.3 is 0 Å². The lowest BCUT2D eigenvalue weighted by Gasteiger charge is -2.21. The molecular weight excluding hydrogens is 447 g/mol. The van der Waals surface area contributed by atoms with Gasteiger partial charge in [-0.1, -0.05) is 6.92 Å². The van der Waals surface area contributed by atoms with Gasteiger partial charge in [0.1, 0.15) is 11.5 Å². The van der Waals surface area contributed by atoms with Gasteiger partial charge in [-0.3, -0.25) is 9.97 Å². The molecule has 0 fully saturated rings. The number of nitrogen functional groups attached to an aromatic ring is 2. The molecule has 2 heterocycles. The molecule has 0 aliphatic carbocycles. The van der Waals surface area contributed by atoms with Crippen LogP contribution in [0.2, 0.25) is 0 Å². The molecule has 2 aromatic carbocycles. The molecule has 2 aromatic heterocycles. The predicted molar refractivity (Wildman–Crippen MR) is 136 cm³/mol. The molecule has 0 radical (unpaired) electrons. The minimum atomic E-state index is -0.441. The zero-order valence-electron chi connectivity index (χ0n) is 18.3. The Balaban J connectivity index is 0.00000181. The normalized spacial score (nSPS) is 10.6. The minimum absolute atomic E-state index is 0. The maximum absolute atomic E-state index is 6.17. The van der Waals surface area contributed by atoms with Gasteiger partial charge in [-0.05, 0) is 68.8 Å². The minimum Gasteiger partial charge on any atom is -0.455 e. The summed E-state index contributed by atoms with van der Waals surface area (Å²) in [7, 11) is 0. The molecule has 0 saturated carbocycles. The Morgan fingerprint density at radius 3 is 1.59 bits per heavy atom. The van der Waals surface area contributed by atoms with E-state index in [2.05, 4.69) is 16.9 Å². The molecule has 170 valence electrons. The van der Waals surface area contributed by atoms with Crippen molar-refractivity contribution in [2.75, 3.05) is 11.5 Å². The SMILES string of the molecule is CCCC(Oc1ccc2nc(C)cc(N)c2c1)Oc1ccc2nc(C)cc(N)c2c1.Cl.Cl. The highest BCUT2D eigenvalue weighted by Crippen LogP contribution is 2.29. The number of rotatable bonds is 6. The van der Waals surface area contributed by atoms with Crippen molar-refractivity contribution in [3.8, 4) is 11.5 Å². The molecule has 4 rings (SSSR count). The summed E-state index contributed by atoms with van der Waals surface area (Å²) in [4.78, 5) is 9.04. The van der Waals surface area contributed by atoms with E-state index >= 15 is 0 Å². The van der Waals surface area contributed by atoms with Gasteiger partial charge in [0.15, 0.2) is 0 Å². The highest BCUT2D eigenvalue weighted by molar-refractivity contribution is 5.92. The standard InChI is InChI=1S/C24H26N4O2.2ClH/c1-4-5-24(29-16-6-8-22-18(12-16)20(25)10-14(2)27-22)30-17-7-9-23-19(13-17)21(26)11-15(3)28-23;;/h6-13,24H,4-5H2,1-3H3,(H2,25,27)(H2,26,28);2*1H. The number of benzene rings is 2. The number of hydrogen-bond donors (Lipinski definition) is 2.